The maximum absolute atomic E-state index is 14.0. The van der Waals surface area contributed by atoms with Crippen LogP contribution in [0.5, 0.6) is 0 Å². The largest absolute Gasteiger partial charge is 0.390 e. The van der Waals surface area contributed by atoms with Gasteiger partial charge in [-0.25, -0.2) is 8.78 Å². The van der Waals surface area contributed by atoms with E-state index in [0.29, 0.717) is 38.5 Å². The number of halogens is 2. The van der Waals surface area contributed by atoms with E-state index in [0.717, 1.165) is 12.1 Å². The van der Waals surface area contributed by atoms with Gasteiger partial charge in [-0.3, -0.25) is 19.2 Å². The minimum atomic E-state index is -1.79. The Morgan fingerprint density at radius 1 is 0.886 bits per heavy atom. The fraction of sp³-hybridized carbons (Fsp3) is 0.500. The maximum Gasteiger partial charge on any atom is 0.253 e. The number of hydrogen-bond acceptors (Lipinski definition) is 6. The number of rotatable bonds is 16. The lowest BCUT2D eigenvalue weighted by atomic mass is 9.90. The molecule has 0 aliphatic rings. The molecule has 6 N–H and O–H groups in total. The van der Waals surface area contributed by atoms with Crippen molar-refractivity contribution in [2.24, 2.45) is 17.6 Å². The van der Waals surface area contributed by atoms with Crippen molar-refractivity contribution in [3.63, 3.8) is 0 Å². The number of carbonyl (C=O) groups excluding carboxylic acids is 4. The quantitative estimate of drug-likeness (QED) is 0.194. The lowest BCUT2D eigenvalue weighted by Gasteiger charge is -2.31. The van der Waals surface area contributed by atoms with E-state index in [9.17, 15) is 38.2 Å². The van der Waals surface area contributed by atoms with Crippen molar-refractivity contribution >= 4 is 23.6 Å². The first-order chi connectivity index (χ1) is 20.7. The molecular formula is C32H44F2N4O6. The number of nitrogens with zero attached hydrogens (tertiary/aromatic N) is 1. The average Bonchev–Trinajstić information content (AvgIpc) is 2.96. The summed E-state index contributed by atoms with van der Waals surface area (Å²) < 4.78 is 28.0. The molecule has 0 saturated heterocycles. The van der Waals surface area contributed by atoms with Gasteiger partial charge >= 0.3 is 0 Å². The molecule has 12 heteroatoms. The van der Waals surface area contributed by atoms with Gasteiger partial charge in [0.25, 0.3) is 11.8 Å². The number of carbonyl (C=O) groups is 4. The smallest absolute Gasteiger partial charge is 0.253 e. The van der Waals surface area contributed by atoms with Gasteiger partial charge in [-0.2, -0.15) is 0 Å². The summed E-state index contributed by atoms with van der Waals surface area (Å²) in [6.07, 6.45) is -2.45. The maximum atomic E-state index is 14.0. The van der Waals surface area contributed by atoms with Crippen LogP contribution in [-0.2, 0) is 11.2 Å². The fourth-order valence-corrected chi connectivity index (χ4v) is 4.76. The van der Waals surface area contributed by atoms with Crippen LogP contribution < -0.4 is 16.4 Å². The minimum absolute atomic E-state index is 0.0461. The van der Waals surface area contributed by atoms with E-state index in [1.54, 1.807) is 4.90 Å². The molecule has 0 aliphatic heterocycles. The summed E-state index contributed by atoms with van der Waals surface area (Å²) in [7, 11) is 0. The molecular weight excluding hydrogens is 574 g/mol. The van der Waals surface area contributed by atoms with E-state index in [1.165, 1.54) is 25.1 Å². The molecule has 4 atom stereocenters. The molecule has 4 amide bonds. The Hall–Kier alpha value is -3.90. The van der Waals surface area contributed by atoms with Crippen molar-refractivity contribution in [3.05, 3.63) is 70.3 Å². The highest BCUT2D eigenvalue weighted by Crippen LogP contribution is 2.20. The highest BCUT2D eigenvalue weighted by Gasteiger charge is 2.35. The van der Waals surface area contributed by atoms with E-state index < -0.39 is 53.5 Å². The zero-order chi connectivity index (χ0) is 33.1. The van der Waals surface area contributed by atoms with E-state index >= 15 is 0 Å². The Kier molecular flexibility index (Phi) is 13.9. The summed E-state index contributed by atoms with van der Waals surface area (Å²) in [5.74, 6) is -5.58. The Balaban J connectivity index is 2.49. The van der Waals surface area contributed by atoms with Crippen LogP contribution in [0.3, 0.4) is 0 Å². The first-order valence-electron chi connectivity index (χ1n) is 14.8. The number of amides is 4. The summed E-state index contributed by atoms with van der Waals surface area (Å²) >= 11 is 0. The van der Waals surface area contributed by atoms with Gasteiger partial charge in [0.2, 0.25) is 11.8 Å². The van der Waals surface area contributed by atoms with Crippen LogP contribution in [0.2, 0.25) is 0 Å². The molecule has 0 saturated carbocycles. The predicted octanol–water partition coefficient (Wildman–Crippen LogP) is 2.80. The van der Waals surface area contributed by atoms with Gasteiger partial charge in [0.1, 0.15) is 17.7 Å². The topological polar surface area (TPSA) is 162 Å². The van der Waals surface area contributed by atoms with Crippen LogP contribution in [0.25, 0.3) is 0 Å². The number of hydrogen-bond donors (Lipinski definition) is 5. The third kappa shape index (κ3) is 10.1. The van der Waals surface area contributed by atoms with E-state index in [1.807, 2.05) is 27.7 Å². The fourth-order valence-electron chi connectivity index (χ4n) is 4.76. The summed E-state index contributed by atoms with van der Waals surface area (Å²) in [5.41, 5.74) is 5.22. The number of aliphatic hydroxyl groups is 2. The highest BCUT2D eigenvalue weighted by molar-refractivity contribution is 6.08. The van der Waals surface area contributed by atoms with Gasteiger partial charge in [0, 0.05) is 31.3 Å². The van der Waals surface area contributed by atoms with E-state index in [4.69, 9.17) is 5.73 Å². The molecule has 0 aromatic heterocycles. The Labute approximate surface area is 257 Å². The number of nitrogens with two attached hydrogens (primary N) is 1. The van der Waals surface area contributed by atoms with Crippen LogP contribution >= 0.6 is 0 Å². The van der Waals surface area contributed by atoms with Crippen molar-refractivity contribution < 1.29 is 38.2 Å². The molecule has 0 aliphatic carbocycles. The molecule has 0 radical (unpaired) electrons. The second kappa shape index (κ2) is 16.8. The summed E-state index contributed by atoms with van der Waals surface area (Å²) in [4.78, 5) is 53.4. The Morgan fingerprint density at radius 3 is 2.00 bits per heavy atom. The van der Waals surface area contributed by atoms with Gasteiger partial charge in [-0.15, -0.1) is 0 Å². The number of nitrogens with one attached hydrogen (secondary N) is 2. The average molecular weight is 619 g/mol. The second-order valence-corrected chi connectivity index (χ2v) is 11.4. The molecule has 2 aromatic rings. The van der Waals surface area contributed by atoms with Crippen molar-refractivity contribution in [1.82, 2.24) is 15.5 Å². The van der Waals surface area contributed by atoms with Crippen LogP contribution in [0, 0.1) is 23.5 Å². The zero-order valence-corrected chi connectivity index (χ0v) is 25.9. The molecule has 0 heterocycles. The summed E-state index contributed by atoms with van der Waals surface area (Å²) in [6, 6.07) is 5.14. The molecule has 242 valence electrons. The van der Waals surface area contributed by atoms with Gasteiger partial charge in [-0.05, 0) is 61.1 Å². The molecule has 2 aromatic carbocycles. The molecule has 10 nitrogen and oxygen atoms in total. The normalized spacial score (nSPS) is 14.0. The molecule has 2 rings (SSSR count). The number of primary amides is 1. The predicted molar refractivity (Wildman–Crippen MR) is 162 cm³/mol. The first kappa shape index (κ1) is 36.3. The Bertz CT molecular complexity index is 1300. The van der Waals surface area contributed by atoms with Crippen molar-refractivity contribution in [1.29, 1.82) is 0 Å². The molecule has 0 fully saturated rings. The third-order valence-corrected chi connectivity index (χ3v) is 7.12. The van der Waals surface area contributed by atoms with Gasteiger partial charge in [0.15, 0.2) is 0 Å². The lowest BCUT2D eigenvalue weighted by molar-refractivity contribution is -0.131. The Morgan fingerprint density at radius 2 is 1.48 bits per heavy atom. The second-order valence-electron chi connectivity index (χ2n) is 11.4. The lowest BCUT2D eigenvalue weighted by Crippen LogP contribution is -2.53. The molecule has 0 bridgehead atoms. The van der Waals surface area contributed by atoms with Crippen molar-refractivity contribution in [2.75, 3.05) is 19.6 Å². The van der Waals surface area contributed by atoms with Gasteiger partial charge < -0.3 is 31.5 Å². The monoisotopic (exact) mass is 618 g/mol. The van der Waals surface area contributed by atoms with Gasteiger partial charge in [-0.1, -0.05) is 34.6 Å². The first-order valence-corrected chi connectivity index (χ1v) is 14.8. The van der Waals surface area contributed by atoms with Crippen LogP contribution in [0.4, 0.5) is 8.78 Å². The van der Waals surface area contributed by atoms with E-state index in [2.05, 4.69) is 10.6 Å². The van der Waals surface area contributed by atoms with E-state index in [-0.39, 0.29) is 40.5 Å². The van der Waals surface area contributed by atoms with Crippen LogP contribution in [0.1, 0.15) is 84.1 Å². The zero-order valence-electron chi connectivity index (χ0n) is 25.9. The summed E-state index contributed by atoms with van der Waals surface area (Å²) in [5, 5.41) is 27.3. The van der Waals surface area contributed by atoms with Crippen molar-refractivity contribution in [2.45, 2.75) is 72.1 Å². The van der Waals surface area contributed by atoms with Crippen LogP contribution in [-0.4, -0.2) is 76.6 Å². The third-order valence-electron chi connectivity index (χ3n) is 7.12. The standard InChI is InChI=1S/C32H44F2N4O6/c1-6-10-38(11-7-2)32(44)21-8-9-24(29(35)41)25(15-21)31(43)37-26(14-20-12-22(33)16-23(34)13-20)28(40)27(39)19(5)30(42)36-17-18(3)4/h8-9,12-13,15-16,18-19,26-28,39-40H,6-7,10-11,14,17H2,1-5H3,(H2,35,41)(H,36,42)(H,37,43)/t19-,26+,27-,28-/m1/s1. The van der Waals surface area contributed by atoms with Crippen LogP contribution in [0.15, 0.2) is 36.4 Å². The van der Waals surface area contributed by atoms with Crippen molar-refractivity contribution in [3.8, 4) is 0 Å². The summed E-state index contributed by atoms with van der Waals surface area (Å²) in [6.45, 7) is 10.3. The number of benzene rings is 2. The number of aliphatic hydroxyl groups excluding tert-OH is 2. The SMILES string of the molecule is CCCN(CCC)C(=O)c1ccc(C(N)=O)c(C(=O)N[C@@H](Cc2cc(F)cc(F)c2)[C@@H](O)[C@H](O)[C@@H](C)C(=O)NCC(C)C)c1. The molecule has 0 spiro atoms. The molecule has 44 heavy (non-hydrogen) atoms. The van der Waals surface area contributed by atoms with Gasteiger partial charge in [0.05, 0.1) is 29.2 Å². The minimum Gasteiger partial charge on any atom is -0.390 e. The molecule has 0 unspecified atom stereocenters. The highest BCUT2D eigenvalue weighted by atomic mass is 19.1.